The molecule has 1 aliphatic heterocycles. The van der Waals surface area contributed by atoms with Gasteiger partial charge in [0.1, 0.15) is 0 Å². The van der Waals surface area contributed by atoms with Crippen LogP contribution in [0.2, 0.25) is 0 Å². The lowest BCUT2D eigenvalue weighted by Crippen LogP contribution is -2.36. The van der Waals surface area contributed by atoms with Gasteiger partial charge in [0.2, 0.25) is 0 Å². The Morgan fingerprint density at radius 3 is 2.94 bits per heavy atom. The van der Waals surface area contributed by atoms with Crippen LogP contribution in [0.1, 0.15) is 21.5 Å². The average molecular weight is 219 g/mol. The van der Waals surface area contributed by atoms with Crippen LogP contribution in [0, 0.1) is 0 Å². The minimum atomic E-state index is -0.0571. The molecule has 2 N–H and O–H groups in total. The van der Waals surface area contributed by atoms with E-state index in [2.05, 4.69) is 16.8 Å². The van der Waals surface area contributed by atoms with Crippen molar-refractivity contribution >= 4 is 5.91 Å². The summed E-state index contributed by atoms with van der Waals surface area (Å²) in [6.07, 6.45) is 1.05. The highest BCUT2D eigenvalue weighted by molar-refractivity contribution is 5.94. The van der Waals surface area contributed by atoms with Crippen molar-refractivity contribution in [3.05, 3.63) is 34.9 Å². The molecule has 0 atom stereocenters. The monoisotopic (exact) mass is 219 g/mol. The first-order chi connectivity index (χ1) is 7.66. The fourth-order valence-electron chi connectivity index (χ4n) is 1.89. The average Bonchev–Trinajstić information content (AvgIpc) is 2.27. The van der Waals surface area contributed by atoms with E-state index in [-0.39, 0.29) is 5.91 Å². The van der Waals surface area contributed by atoms with Crippen LogP contribution in [0.4, 0.5) is 0 Å². The van der Waals surface area contributed by atoms with Crippen LogP contribution in [-0.2, 0) is 13.0 Å². The number of nitrogens with one attached hydrogen (secondary N) is 2. The highest BCUT2D eigenvalue weighted by Gasteiger charge is 2.12. The summed E-state index contributed by atoms with van der Waals surface area (Å²) >= 11 is 0. The molecule has 0 fully saturated rings. The highest BCUT2D eigenvalue weighted by atomic mass is 16.2. The zero-order valence-electron chi connectivity index (χ0n) is 9.71. The molecule has 0 saturated heterocycles. The SMILES string of the molecule is CN(C)NC(=O)c1ccc2c(c1)CNCC2. The molecule has 1 aliphatic rings. The molecule has 0 aliphatic carbocycles. The van der Waals surface area contributed by atoms with E-state index < -0.39 is 0 Å². The van der Waals surface area contributed by atoms with E-state index in [0.29, 0.717) is 0 Å². The van der Waals surface area contributed by atoms with Crippen LogP contribution in [-0.4, -0.2) is 31.6 Å². The number of benzene rings is 1. The first-order valence-electron chi connectivity index (χ1n) is 5.47. The third-order valence-corrected chi connectivity index (χ3v) is 2.68. The smallest absolute Gasteiger partial charge is 0.265 e. The van der Waals surface area contributed by atoms with Crippen LogP contribution >= 0.6 is 0 Å². The summed E-state index contributed by atoms with van der Waals surface area (Å²) in [5.41, 5.74) is 6.04. The maximum Gasteiger partial charge on any atom is 0.265 e. The quantitative estimate of drug-likeness (QED) is 0.714. The van der Waals surface area contributed by atoms with Crippen LogP contribution in [0.15, 0.2) is 18.2 Å². The molecule has 0 radical (unpaired) electrons. The molecule has 1 amide bonds. The Morgan fingerprint density at radius 1 is 1.38 bits per heavy atom. The van der Waals surface area contributed by atoms with Crippen molar-refractivity contribution in [2.45, 2.75) is 13.0 Å². The van der Waals surface area contributed by atoms with Crippen LogP contribution in [0.3, 0.4) is 0 Å². The van der Waals surface area contributed by atoms with Crippen molar-refractivity contribution in [1.82, 2.24) is 15.8 Å². The molecule has 4 heteroatoms. The molecule has 1 heterocycles. The summed E-state index contributed by atoms with van der Waals surface area (Å²) in [6, 6.07) is 5.92. The number of hydrogen-bond donors (Lipinski definition) is 2. The van der Waals surface area contributed by atoms with Crippen molar-refractivity contribution < 1.29 is 4.79 Å². The predicted octanol–water partition coefficient (Wildman–Crippen LogP) is 0.539. The number of amides is 1. The number of fused-ring (bicyclic) bond motifs is 1. The number of carbonyl (C=O) groups is 1. The number of nitrogens with zero attached hydrogens (tertiary/aromatic N) is 1. The lowest BCUT2D eigenvalue weighted by Gasteiger charge is -2.18. The van der Waals surface area contributed by atoms with E-state index in [0.717, 1.165) is 25.1 Å². The third kappa shape index (κ3) is 2.40. The van der Waals surface area contributed by atoms with Gasteiger partial charge in [-0.15, -0.1) is 0 Å². The molecule has 4 nitrogen and oxygen atoms in total. The van der Waals surface area contributed by atoms with Crippen molar-refractivity contribution in [3.63, 3.8) is 0 Å². The van der Waals surface area contributed by atoms with Crippen LogP contribution in [0.25, 0.3) is 0 Å². The molecular formula is C12H17N3O. The number of hydrogen-bond acceptors (Lipinski definition) is 3. The fourth-order valence-corrected chi connectivity index (χ4v) is 1.89. The topological polar surface area (TPSA) is 44.4 Å². The summed E-state index contributed by atoms with van der Waals surface area (Å²) in [5, 5.41) is 4.96. The molecule has 0 unspecified atom stereocenters. The standard InChI is InChI=1S/C12H17N3O/c1-15(2)14-12(16)10-4-3-9-5-6-13-8-11(9)7-10/h3-4,7,13H,5-6,8H2,1-2H3,(H,14,16). The summed E-state index contributed by atoms with van der Waals surface area (Å²) in [4.78, 5) is 11.8. The molecular weight excluding hydrogens is 202 g/mol. The first kappa shape index (κ1) is 11.1. The summed E-state index contributed by atoms with van der Waals surface area (Å²) in [7, 11) is 3.61. The second-order valence-electron chi connectivity index (χ2n) is 4.25. The molecule has 16 heavy (non-hydrogen) atoms. The maximum atomic E-state index is 11.8. The molecule has 1 aromatic carbocycles. The van der Waals surface area contributed by atoms with E-state index >= 15 is 0 Å². The maximum absolute atomic E-state index is 11.8. The summed E-state index contributed by atoms with van der Waals surface area (Å²) in [6.45, 7) is 1.88. The van der Waals surface area contributed by atoms with Gasteiger partial charge >= 0.3 is 0 Å². The number of rotatable bonds is 2. The zero-order chi connectivity index (χ0) is 11.5. The lowest BCUT2D eigenvalue weighted by molar-refractivity contribution is 0.0857. The van der Waals surface area contributed by atoms with Gasteiger partial charge in [-0.05, 0) is 36.2 Å². The minimum Gasteiger partial charge on any atom is -0.312 e. The van der Waals surface area contributed by atoms with Crippen LogP contribution < -0.4 is 10.7 Å². The van der Waals surface area contributed by atoms with Gasteiger partial charge in [0.05, 0.1) is 0 Å². The molecule has 0 saturated carbocycles. The predicted molar refractivity (Wildman–Crippen MR) is 63.0 cm³/mol. The molecule has 0 bridgehead atoms. The van der Waals surface area contributed by atoms with E-state index in [9.17, 15) is 4.79 Å². The summed E-state index contributed by atoms with van der Waals surface area (Å²) in [5.74, 6) is -0.0571. The van der Waals surface area contributed by atoms with Gasteiger partial charge in [-0.25, -0.2) is 5.01 Å². The largest absolute Gasteiger partial charge is 0.312 e. The lowest BCUT2D eigenvalue weighted by atomic mass is 9.98. The van der Waals surface area contributed by atoms with E-state index in [1.807, 2.05) is 12.1 Å². The Hall–Kier alpha value is -1.39. The Kier molecular flexibility index (Phi) is 3.22. The molecule has 1 aromatic rings. The second kappa shape index (κ2) is 4.63. The Morgan fingerprint density at radius 2 is 2.19 bits per heavy atom. The van der Waals surface area contributed by atoms with Gasteiger partial charge in [0.15, 0.2) is 0 Å². The van der Waals surface area contributed by atoms with E-state index in [1.165, 1.54) is 11.1 Å². The Bertz CT molecular complexity index is 401. The van der Waals surface area contributed by atoms with Crippen molar-refractivity contribution in [2.24, 2.45) is 0 Å². The Labute approximate surface area is 95.6 Å². The zero-order valence-corrected chi connectivity index (χ0v) is 9.71. The van der Waals surface area contributed by atoms with Gasteiger partial charge in [-0.2, -0.15) is 0 Å². The molecule has 0 aromatic heterocycles. The minimum absolute atomic E-state index is 0.0571. The highest BCUT2D eigenvalue weighted by Crippen LogP contribution is 2.15. The molecule has 2 rings (SSSR count). The second-order valence-corrected chi connectivity index (χ2v) is 4.25. The third-order valence-electron chi connectivity index (χ3n) is 2.68. The molecule has 86 valence electrons. The summed E-state index contributed by atoms with van der Waals surface area (Å²) < 4.78 is 0. The van der Waals surface area contributed by atoms with Gasteiger partial charge < -0.3 is 5.32 Å². The van der Waals surface area contributed by atoms with Gasteiger partial charge in [-0.1, -0.05) is 6.07 Å². The van der Waals surface area contributed by atoms with E-state index in [4.69, 9.17) is 0 Å². The first-order valence-corrected chi connectivity index (χ1v) is 5.47. The molecule has 0 spiro atoms. The van der Waals surface area contributed by atoms with Gasteiger partial charge in [0, 0.05) is 26.2 Å². The Balaban J connectivity index is 2.19. The van der Waals surface area contributed by atoms with Gasteiger partial charge in [0.25, 0.3) is 5.91 Å². The van der Waals surface area contributed by atoms with Crippen molar-refractivity contribution in [1.29, 1.82) is 0 Å². The number of carbonyl (C=O) groups excluding carboxylic acids is 1. The van der Waals surface area contributed by atoms with Gasteiger partial charge in [-0.3, -0.25) is 10.2 Å². The van der Waals surface area contributed by atoms with Crippen LogP contribution in [0.5, 0.6) is 0 Å². The normalized spacial score (nSPS) is 14.7. The van der Waals surface area contributed by atoms with E-state index in [1.54, 1.807) is 19.1 Å². The fraction of sp³-hybridized carbons (Fsp3) is 0.417. The van der Waals surface area contributed by atoms with Crippen molar-refractivity contribution in [2.75, 3.05) is 20.6 Å². The number of hydrazine groups is 1. The van der Waals surface area contributed by atoms with Crippen molar-refractivity contribution in [3.8, 4) is 0 Å².